The lowest BCUT2D eigenvalue weighted by Gasteiger charge is -2.04. The number of ether oxygens (including phenoxy) is 1. The molecule has 0 spiro atoms. The van der Waals surface area contributed by atoms with Crippen LogP contribution >= 0.6 is 11.6 Å². The van der Waals surface area contributed by atoms with Crippen molar-refractivity contribution in [3.63, 3.8) is 0 Å². The lowest BCUT2D eigenvalue weighted by molar-refractivity contribution is 0.199. The summed E-state index contributed by atoms with van der Waals surface area (Å²) in [5.74, 6) is 0.361. The van der Waals surface area contributed by atoms with E-state index in [1.165, 1.54) is 18.2 Å². The molecular formula is C13H16ClFN4O. The predicted molar refractivity (Wildman–Crippen MR) is 74.1 cm³/mol. The van der Waals surface area contributed by atoms with E-state index in [-0.39, 0.29) is 5.82 Å². The molecule has 1 aromatic heterocycles. The van der Waals surface area contributed by atoms with E-state index in [1.54, 1.807) is 18.1 Å². The number of nitrogens with one attached hydrogen (secondary N) is 1. The first-order chi connectivity index (χ1) is 9.69. The Bertz CT molecular complexity index is 561. The zero-order valence-corrected chi connectivity index (χ0v) is 11.9. The van der Waals surface area contributed by atoms with Crippen LogP contribution in [0.5, 0.6) is 0 Å². The summed E-state index contributed by atoms with van der Waals surface area (Å²) in [5, 5.41) is 7.96. The van der Waals surface area contributed by atoms with Gasteiger partial charge in [0.05, 0.1) is 19.7 Å². The van der Waals surface area contributed by atoms with Gasteiger partial charge in [-0.3, -0.25) is 0 Å². The molecule has 2 rings (SSSR count). The molecule has 0 fully saturated rings. The predicted octanol–water partition coefficient (Wildman–Crippen LogP) is 1.85. The minimum Gasteiger partial charge on any atom is -0.383 e. The molecule has 7 heteroatoms. The van der Waals surface area contributed by atoms with Crippen molar-refractivity contribution in [2.75, 3.05) is 20.3 Å². The fourth-order valence-electron chi connectivity index (χ4n) is 1.70. The van der Waals surface area contributed by atoms with Crippen LogP contribution in [-0.4, -0.2) is 35.0 Å². The van der Waals surface area contributed by atoms with Gasteiger partial charge in [-0.15, -0.1) is 0 Å². The second-order valence-corrected chi connectivity index (χ2v) is 4.67. The number of hydrogen-bond acceptors (Lipinski definition) is 4. The smallest absolute Gasteiger partial charge is 0.164 e. The van der Waals surface area contributed by atoms with Crippen molar-refractivity contribution in [3.05, 3.63) is 46.8 Å². The molecule has 0 aliphatic heterocycles. The van der Waals surface area contributed by atoms with Crippen LogP contribution < -0.4 is 5.32 Å². The Hall–Kier alpha value is -1.50. The number of aromatic nitrogens is 3. The van der Waals surface area contributed by atoms with Crippen molar-refractivity contribution >= 4 is 11.6 Å². The molecule has 20 heavy (non-hydrogen) atoms. The van der Waals surface area contributed by atoms with E-state index in [0.717, 1.165) is 6.54 Å². The van der Waals surface area contributed by atoms with Crippen LogP contribution in [0.2, 0.25) is 5.02 Å². The standard InChI is InChI=1S/C13H16ClFN4O/c1-20-5-4-16-7-13-17-9-19(18-13)8-10-6-11(15)2-3-12(10)14/h2-3,6,9,16H,4-5,7-8H2,1H3. The van der Waals surface area contributed by atoms with E-state index < -0.39 is 0 Å². The van der Waals surface area contributed by atoms with Crippen LogP contribution in [0.3, 0.4) is 0 Å². The van der Waals surface area contributed by atoms with Gasteiger partial charge in [-0.25, -0.2) is 14.1 Å². The first-order valence-electron chi connectivity index (χ1n) is 6.21. The van der Waals surface area contributed by atoms with Crippen LogP contribution in [0, 0.1) is 5.82 Å². The minimum absolute atomic E-state index is 0.314. The van der Waals surface area contributed by atoms with Crippen LogP contribution in [-0.2, 0) is 17.8 Å². The zero-order chi connectivity index (χ0) is 14.4. The van der Waals surface area contributed by atoms with E-state index in [4.69, 9.17) is 16.3 Å². The highest BCUT2D eigenvalue weighted by Gasteiger charge is 2.05. The second kappa shape index (κ2) is 7.33. The molecule has 0 radical (unpaired) electrons. The summed E-state index contributed by atoms with van der Waals surface area (Å²) in [5.41, 5.74) is 0.676. The third-order valence-electron chi connectivity index (χ3n) is 2.69. The topological polar surface area (TPSA) is 52.0 Å². The van der Waals surface area contributed by atoms with Gasteiger partial charge < -0.3 is 10.1 Å². The van der Waals surface area contributed by atoms with Gasteiger partial charge in [0.15, 0.2) is 5.82 Å². The molecule has 0 saturated carbocycles. The maximum atomic E-state index is 13.2. The van der Waals surface area contributed by atoms with Gasteiger partial charge in [0, 0.05) is 18.7 Å². The quantitative estimate of drug-likeness (QED) is 0.793. The third-order valence-corrected chi connectivity index (χ3v) is 3.06. The lowest BCUT2D eigenvalue weighted by atomic mass is 10.2. The summed E-state index contributed by atoms with van der Waals surface area (Å²) in [6.07, 6.45) is 1.61. The van der Waals surface area contributed by atoms with E-state index in [1.807, 2.05) is 0 Å². The van der Waals surface area contributed by atoms with Gasteiger partial charge in [-0.1, -0.05) is 11.6 Å². The van der Waals surface area contributed by atoms with E-state index >= 15 is 0 Å². The average molecular weight is 299 g/mol. The molecule has 0 saturated heterocycles. The Morgan fingerprint density at radius 3 is 3.10 bits per heavy atom. The Morgan fingerprint density at radius 1 is 1.45 bits per heavy atom. The summed E-state index contributed by atoms with van der Waals surface area (Å²) in [7, 11) is 1.65. The Balaban J connectivity index is 1.93. The first-order valence-corrected chi connectivity index (χ1v) is 6.58. The largest absolute Gasteiger partial charge is 0.383 e. The van der Waals surface area contributed by atoms with Crippen molar-refractivity contribution < 1.29 is 9.13 Å². The highest BCUT2D eigenvalue weighted by Crippen LogP contribution is 2.17. The van der Waals surface area contributed by atoms with Crippen LogP contribution in [0.15, 0.2) is 24.5 Å². The van der Waals surface area contributed by atoms with Crippen LogP contribution in [0.1, 0.15) is 11.4 Å². The molecule has 0 amide bonds. The normalized spacial score (nSPS) is 10.9. The highest BCUT2D eigenvalue weighted by atomic mass is 35.5. The summed E-state index contributed by atoms with van der Waals surface area (Å²) in [4.78, 5) is 4.17. The number of benzene rings is 1. The fraction of sp³-hybridized carbons (Fsp3) is 0.385. The zero-order valence-electron chi connectivity index (χ0n) is 11.1. The second-order valence-electron chi connectivity index (χ2n) is 4.26. The summed E-state index contributed by atoms with van der Waals surface area (Å²) in [6, 6.07) is 4.27. The lowest BCUT2D eigenvalue weighted by Crippen LogP contribution is -2.19. The maximum absolute atomic E-state index is 13.2. The molecule has 0 unspecified atom stereocenters. The van der Waals surface area contributed by atoms with Crippen LogP contribution in [0.25, 0.3) is 0 Å². The highest BCUT2D eigenvalue weighted by molar-refractivity contribution is 6.31. The molecule has 0 bridgehead atoms. The number of rotatable bonds is 7. The molecule has 0 aliphatic carbocycles. The average Bonchev–Trinajstić information content (AvgIpc) is 2.87. The Kier molecular flexibility index (Phi) is 5.46. The molecule has 1 aromatic carbocycles. The van der Waals surface area contributed by atoms with Crippen molar-refractivity contribution in [2.45, 2.75) is 13.1 Å². The van der Waals surface area contributed by atoms with Crippen molar-refractivity contribution in [2.24, 2.45) is 0 Å². The number of halogens is 2. The van der Waals surface area contributed by atoms with Crippen molar-refractivity contribution in [1.29, 1.82) is 0 Å². The molecule has 1 heterocycles. The van der Waals surface area contributed by atoms with Gasteiger partial charge in [0.1, 0.15) is 12.1 Å². The van der Waals surface area contributed by atoms with Crippen LogP contribution in [0.4, 0.5) is 4.39 Å². The van der Waals surface area contributed by atoms with Gasteiger partial charge in [-0.2, -0.15) is 5.10 Å². The molecule has 0 atom stereocenters. The molecule has 2 aromatic rings. The SMILES string of the molecule is COCCNCc1ncn(Cc2cc(F)ccc2Cl)n1. The monoisotopic (exact) mass is 298 g/mol. The number of hydrogen-bond donors (Lipinski definition) is 1. The third kappa shape index (κ3) is 4.26. The molecule has 5 nitrogen and oxygen atoms in total. The fourth-order valence-corrected chi connectivity index (χ4v) is 1.88. The summed E-state index contributed by atoms with van der Waals surface area (Å²) < 4.78 is 19.7. The Labute approximate surface area is 121 Å². The van der Waals surface area contributed by atoms with E-state index in [0.29, 0.717) is 36.1 Å². The number of nitrogens with zero attached hydrogens (tertiary/aromatic N) is 3. The summed E-state index contributed by atoms with van der Waals surface area (Å²) >= 11 is 6.02. The molecule has 0 aliphatic rings. The number of methoxy groups -OCH3 is 1. The Morgan fingerprint density at radius 2 is 2.30 bits per heavy atom. The first kappa shape index (κ1) is 14.9. The molecule has 1 N–H and O–H groups in total. The summed E-state index contributed by atoms with van der Waals surface area (Å²) in [6.45, 7) is 2.33. The van der Waals surface area contributed by atoms with Gasteiger partial charge >= 0.3 is 0 Å². The maximum Gasteiger partial charge on any atom is 0.164 e. The molecular weight excluding hydrogens is 283 g/mol. The minimum atomic E-state index is -0.314. The van der Waals surface area contributed by atoms with Crippen molar-refractivity contribution in [1.82, 2.24) is 20.1 Å². The van der Waals surface area contributed by atoms with E-state index in [9.17, 15) is 4.39 Å². The van der Waals surface area contributed by atoms with Gasteiger partial charge in [0.25, 0.3) is 0 Å². The van der Waals surface area contributed by atoms with Crippen molar-refractivity contribution in [3.8, 4) is 0 Å². The molecule has 108 valence electrons. The van der Waals surface area contributed by atoms with Gasteiger partial charge in [-0.05, 0) is 23.8 Å². The van der Waals surface area contributed by atoms with E-state index in [2.05, 4.69) is 15.4 Å². The van der Waals surface area contributed by atoms with Gasteiger partial charge in [0.2, 0.25) is 0 Å².